The minimum atomic E-state index is -0.706. The number of halogens is 1. The number of H-pyrrole nitrogens is 1. The van der Waals surface area contributed by atoms with Crippen molar-refractivity contribution in [2.24, 2.45) is 5.73 Å². The summed E-state index contributed by atoms with van der Waals surface area (Å²) in [4.78, 5) is 62.3. The second-order valence-electron chi connectivity index (χ2n) is 16.6. The van der Waals surface area contributed by atoms with Crippen LogP contribution in [0.1, 0.15) is 87.1 Å². The Morgan fingerprint density at radius 1 is 1.03 bits per heavy atom. The summed E-state index contributed by atoms with van der Waals surface area (Å²) < 4.78 is 20.1. The van der Waals surface area contributed by atoms with Gasteiger partial charge in [-0.3, -0.25) is 19.4 Å². The SMILES string of the molecule is Cc1c(-c2[nH]c3ccc(C4CCN(CC(N)=O)CC4)cc3c2C(C)C)cn2nc[n+](COC(=O)N(C)c3ncccc3COC(=O)CN(C)C(=O)OC(C)(C)C)c2c1C.[Cl-]. The zero-order valence-corrected chi connectivity index (χ0v) is 36.6. The maximum atomic E-state index is 13.4. The number of hydrogen-bond donors (Lipinski definition) is 2. The second kappa shape index (κ2) is 18.7. The molecule has 0 radical (unpaired) electrons. The van der Waals surface area contributed by atoms with Crippen LogP contribution in [0.2, 0.25) is 0 Å². The van der Waals surface area contributed by atoms with Crippen LogP contribution in [-0.4, -0.2) is 99.3 Å². The zero-order chi connectivity index (χ0) is 42.8. The number of nitrogens with zero attached hydrogens (tertiary/aromatic N) is 7. The molecule has 0 aliphatic carbocycles. The van der Waals surface area contributed by atoms with E-state index in [1.807, 2.05) is 17.6 Å². The number of nitrogens with one attached hydrogen (secondary N) is 1. The molecule has 5 aromatic rings. The number of carbonyl (C=O) groups is 4. The average molecular weight is 846 g/mol. The van der Waals surface area contributed by atoms with Crippen LogP contribution in [0.3, 0.4) is 0 Å². The predicted octanol–water partition coefficient (Wildman–Crippen LogP) is 2.71. The first-order chi connectivity index (χ1) is 27.9. The quantitative estimate of drug-likeness (QED) is 0.108. The molecule has 1 aliphatic rings. The Kier molecular flexibility index (Phi) is 14.1. The number of pyridine rings is 2. The highest BCUT2D eigenvalue weighted by Crippen LogP contribution is 2.40. The summed E-state index contributed by atoms with van der Waals surface area (Å²) in [6, 6.07) is 10.1. The number of anilines is 1. The zero-order valence-electron chi connectivity index (χ0n) is 35.9. The van der Waals surface area contributed by atoms with Crippen LogP contribution in [0.5, 0.6) is 0 Å². The molecule has 0 bridgehead atoms. The van der Waals surface area contributed by atoms with Crippen molar-refractivity contribution in [2.45, 2.75) is 92.1 Å². The molecule has 3 N–H and O–H groups in total. The van der Waals surface area contributed by atoms with Gasteiger partial charge in [-0.1, -0.05) is 30.5 Å². The van der Waals surface area contributed by atoms with E-state index in [0.29, 0.717) is 18.0 Å². The van der Waals surface area contributed by atoms with E-state index in [0.717, 1.165) is 64.4 Å². The number of benzene rings is 1. The van der Waals surface area contributed by atoms with Crippen molar-refractivity contribution in [3.63, 3.8) is 0 Å². The van der Waals surface area contributed by atoms with Crippen LogP contribution in [0.4, 0.5) is 15.4 Å². The van der Waals surface area contributed by atoms with Gasteiger partial charge in [0.15, 0.2) is 0 Å². The highest BCUT2D eigenvalue weighted by molar-refractivity contribution is 5.93. The van der Waals surface area contributed by atoms with Gasteiger partial charge in [-0.15, -0.1) is 0 Å². The molecule has 5 heterocycles. The molecule has 4 aromatic heterocycles. The minimum Gasteiger partial charge on any atom is -1.00 e. The number of likely N-dealkylation sites (tertiary alicyclic amines) is 1. The van der Waals surface area contributed by atoms with Gasteiger partial charge in [0.25, 0.3) is 12.0 Å². The number of rotatable bonds is 12. The van der Waals surface area contributed by atoms with Gasteiger partial charge in [-0.25, -0.2) is 14.6 Å². The van der Waals surface area contributed by atoms with E-state index in [2.05, 4.69) is 58.9 Å². The van der Waals surface area contributed by atoms with E-state index in [1.54, 1.807) is 43.8 Å². The molecular formula is C43H56ClN9O7. The molecule has 1 saturated heterocycles. The molecule has 0 saturated carbocycles. The topological polar surface area (TPSA) is 182 Å². The summed E-state index contributed by atoms with van der Waals surface area (Å²) in [6.07, 6.45) is 5.81. The minimum absolute atomic E-state index is 0. The molecule has 6 rings (SSSR count). The van der Waals surface area contributed by atoms with Crippen molar-refractivity contribution in [3.8, 4) is 11.3 Å². The van der Waals surface area contributed by atoms with Crippen molar-refractivity contribution in [1.82, 2.24) is 29.4 Å². The molecule has 1 aliphatic heterocycles. The van der Waals surface area contributed by atoms with Crippen molar-refractivity contribution in [3.05, 3.63) is 76.9 Å². The number of carbonyl (C=O) groups excluding carboxylic acids is 4. The highest BCUT2D eigenvalue weighted by atomic mass is 35.5. The van der Waals surface area contributed by atoms with E-state index >= 15 is 0 Å². The van der Waals surface area contributed by atoms with E-state index in [1.165, 1.54) is 41.7 Å². The number of hydrogen-bond acceptors (Lipinski definition) is 10. The number of likely N-dealkylation sites (N-methyl/N-ethyl adjacent to an activating group) is 1. The number of ether oxygens (including phenoxy) is 3. The fourth-order valence-corrected chi connectivity index (χ4v) is 7.67. The highest BCUT2D eigenvalue weighted by Gasteiger charge is 2.28. The smallest absolute Gasteiger partial charge is 0.417 e. The van der Waals surface area contributed by atoms with Crippen LogP contribution in [-0.2, 0) is 37.1 Å². The van der Waals surface area contributed by atoms with Crippen molar-refractivity contribution < 1.29 is 50.4 Å². The summed E-state index contributed by atoms with van der Waals surface area (Å²) in [5, 5.41) is 5.86. The van der Waals surface area contributed by atoms with Crippen LogP contribution < -0.4 is 27.6 Å². The first-order valence-corrected chi connectivity index (χ1v) is 19.9. The number of primary amides is 1. The molecule has 0 spiro atoms. The predicted molar refractivity (Wildman–Crippen MR) is 222 cm³/mol. The Balaban J connectivity index is 0.00000683. The molecule has 60 heavy (non-hydrogen) atoms. The third kappa shape index (κ3) is 10.2. The van der Waals surface area contributed by atoms with Gasteiger partial charge in [-0.2, -0.15) is 4.57 Å². The Hall–Kier alpha value is -5.74. The van der Waals surface area contributed by atoms with Crippen LogP contribution in [0, 0.1) is 13.8 Å². The third-order valence-corrected chi connectivity index (χ3v) is 10.8. The number of aromatic amines is 1. The molecule has 0 unspecified atom stereocenters. The van der Waals surface area contributed by atoms with Crippen molar-refractivity contribution in [1.29, 1.82) is 0 Å². The van der Waals surface area contributed by atoms with Gasteiger partial charge >= 0.3 is 18.2 Å². The molecule has 1 aromatic carbocycles. The summed E-state index contributed by atoms with van der Waals surface area (Å²) in [6.45, 7) is 15.2. The van der Waals surface area contributed by atoms with Crippen LogP contribution in [0.15, 0.2) is 49.1 Å². The fraction of sp³-hybridized carbons (Fsp3) is 0.465. The Morgan fingerprint density at radius 3 is 2.42 bits per heavy atom. The normalized spacial score (nSPS) is 13.6. The summed E-state index contributed by atoms with van der Waals surface area (Å²) >= 11 is 0. The van der Waals surface area contributed by atoms with Gasteiger partial charge in [0.05, 0.1) is 12.2 Å². The van der Waals surface area contributed by atoms with E-state index in [4.69, 9.17) is 19.9 Å². The number of piperidine rings is 1. The Labute approximate surface area is 356 Å². The van der Waals surface area contributed by atoms with Gasteiger partial charge in [-0.05, 0) is 107 Å². The monoisotopic (exact) mass is 845 g/mol. The van der Waals surface area contributed by atoms with Crippen LogP contribution >= 0.6 is 0 Å². The largest absolute Gasteiger partial charge is 1.00 e. The van der Waals surface area contributed by atoms with E-state index in [-0.39, 0.29) is 49.9 Å². The fourth-order valence-electron chi connectivity index (χ4n) is 7.67. The number of amides is 3. The molecule has 322 valence electrons. The standard InChI is InChI=1S/C43H55N9O7.ClH/c1-26(2)37-32-19-30(29-14-17-50(18-15-29)21-35(44)53)12-13-34(32)47-38(37)33-20-52-40(28(4)27(33)3)51(24-46-52)25-58-42(56)49(9)39-31(11-10-16-45-39)23-57-36(54)22-48(8)41(55)59-43(5,6)7;/h10-13,16,19-20,24,26,29,47H,14-15,17-18,21-23,25H2,1-9H3,(H-,44,53);1H. The first-order valence-electron chi connectivity index (χ1n) is 19.9. The van der Waals surface area contributed by atoms with Gasteiger partial charge in [0, 0.05) is 53.0 Å². The molecular weight excluding hydrogens is 790 g/mol. The summed E-state index contributed by atoms with van der Waals surface area (Å²) in [5.41, 5.74) is 13.7. The van der Waals surface area contributed by atoms with Gasteiger partial charge in [0.1, 0.15) is 30.8 Å². The molecule has 0 atom stereocenters. The van der Waals surface area contributed by atoms with Gasteiger partial charge in [0.2, 0.25) is 12.6 Å². The number of esters is 1. The third-order valence-electron chi connectivity index (χ3n) is 10.8. The lowest BCUT2D eigenvalue weighted by molar-refractivity contribution is -0.704. The van der Waals surface area contributed by atoms with Crippen molar-refractivity contribution >= 4 is 46.4 Å². The van der Waals surface area contributed by atoms with E-state index < -0.39 is 23.8 Å². The maximum Gasteiger partial charge on any atom is 0.417 e. The van der Waals surface area contributed by atoms with Crippen molar-refractivity contribution in [2.75, 3.05) is 45.2 Å². The van der Waals surface area contributed by atoms with Gasteiger partial charge < -0.3 is 42.2 Å². The lowest BCUT2D eigenvalue weighted by Gasteiger charge is -2.31. The lowest BCUT2D eigenvalue weighted by atomic mass is 9.87. The first kappa shape index (κ1) is 45.3. The molecule has 1 fully saturated rings. The molecule has 3 amide bonds. The number of nitrogens with two attached hydrogens (primary N) is 1. The summed E-state index contributed by atoms with van der Waals surface area (Å²) in [5.74, 6) is -0.0334. The molecule has 17 heteroatoms. The number of aromatic nitrogens is 5. The van der Waals surface area contributed by atoms with Crippen LogP contribution in [0.25, 0.3) is 27.8 Å². The van der Waals surface area contributed by atoms with E-state index in [9.17, 15) is 19.2 Å². The summed E-state index contributed by atoms with van der Waals surface area (Å²) in [7, 11) is 2.97. The number of fused-ring (bicyclic) bond motifs is 2. The molecule has 16 nitrogen and oxygen atoms in total. The average Bonchev–Trinajstić information content (AvgIpc) is 3.78. The number of aryl methyl sites for hydroxylation is 1. The Morgan fingerprint density at radius 2 is 1.75 bits per heavy atom. The maximum absolute atomic E-state index is 13.4. The second-order valence-corrected chi connectivity index (χ2v) is 16.6. The Bertz CT molecular complexity index is 2380. The lowest BCUT2D eigenvalue weighted by Crippen LogP contribution is -3.00.